The number of phenolic OH excluding ortho intramolecular Hbond substituents is 2. The Kier molecular flexibility index (Phi) is 6.30. The molecule has 0 aliphatic carbocycles. The first-order chi connectivity index (χ1) is 11.5. The second kappa shape index (κ2) is 8.44. The third-order valence-electron chi connectivity index (χ3n) is 4.06. The monoisotopic (exact) mass is 326 g/mol. The lowest BCUT2D eigenvalue weighted by Crippen LogP contribution is -1.96. The maximum atomic E-state index is 9.84. The summed E-state index contributed by atoms with van der Waals surface area (Å²) in [5, 5.41) is 19.2. The predicted octanol–water partition coefficient (Wildman–Crippen LogP) is 4.79. The van der Waals surface area contributed by atoms with E-state index < -0.39 is 0 Å². The fourth-order valence-corrected chi connectivity index (χ4v) is 2.71. The van der Waals surface area contributed by atoms with Gasteiger partial charge in [0.25, 0.3) is 0 Å². The van der Waals surface area contributed by atoms with Crippen LogP contribution in [0.2, 0.25) is 0 Å². The molecule has 24 heavy (non-hydrogen) atoms. The molecule has 2 aromatic carbocycles. The van der Waals surface area contributed by atoms with Crippen LogP contribution in [0.1, 0.15) is 37.0 Å². The molecule has 0 saturated carbocycles. The number of aromatic hydroxyl groups is 2. The fourth-order valence-electron chi connectivity index (χ4n) is 2.71. The third kappa shape index (κ3) is 5.05. The fraction of sp³-hybridized carbons (Fsp3) is 0.333. The molecule has 0 amide bonds. The summed E-state index contributed by atoms with van der Waals surface area (Å²) in [5.41, 5.74) is 4.63. The van der Waals surface area contributed by atoms with E-state index in [0.717, 1.165) is 37.0 Å². The van der Waals surface area contributed by atoms with E-state index in [-0.39, 0.29) is 11.5 Å². The molecular weight excluding hydrogens is 300 g/mol. The zero-order valence-corrected chi connectivity index (χ0v) is 14.7. The molecule has 0 saturated heterocycles. The van der Waals surface area contributed by atoms with Crippen LogP contribution in [-0.4, -0.2) is 17.3 Å². The summed E-state index contributed by atoms with van der Waals surface area (Å²) in [6.07, 6.45) is 5.73. The number of rotatable bonds is 7. The Morgan fingerprint density at radius 2 is 1.79 bits per heavy atom. The molecule has 2 N–H and O–H groups in total. The van der Waals surface area contributed by atoms with Gasteiger partial charge in [0.15, 0.2) is 0 Å². The first kappa shape index (κ1) is 17.9. The average Bonchev–Trinajstić information content (AvgIpc) is 2.55. The van der Waals surface area contributed by atoms with Crippen molar-refractivity contribution in [2.24, 2.45) is 0 Å². The van der Waals surface area contributed by atoms with Crippen molar-refractivity contribution < 1.29 is 14.9 Å². The molecule has 0 atom stereocenters. The summed E-state index contributed by atoms with van der Waals surface area (Å²) in [5.74, 6) is 1.18. The van der Waals surface area contributed by atoms with Crippen molar-refractivity contribution in [2.75, 3.05) is 7.11 Å². The minimum atomic E-state index is 0.0929. The summed E-state index contributed by atoms with van der Waals surface area (Å²) in [7, 11) is 1.70. The number of phenols is 2. The molecular formula is C21H26O3. The zero-order valence-electron chi connectivity index (χ0n) is 14.7. The number of aryl methyl sites for hydroxylation is 2. The van der Waals surface area contributed by atoms with Gasteiger partial charge in [-0.2, -0.15) is 0 Å². The Labute approximate surface area is 144 Å². The molecule has 0 heterocycles. The predicted molar refractivity (Wildman–Crippen MR) is 97.9 cm³/mol. The van der Waals surface area contributed by atoms with Gasteiger partial charge in [-0.1, -0.05) is 29.8 Å². The quantitative estimate of drug-likeness (QED) is 0.719. The van der Waals surface area contributed by atoms with Crippen LogP contribution in [-0.2, 0) is 19.3 Å². The van der Waals surface area contributed by atoms with Crippen molar-refractivity contribution >= 4 is 0 Å². The van der Waals surface area contributed by atoms with Gasteiger partial charge >= 0.3 is 0 Å². The van der Waals surface area contributed by atoms with Gasteiger partial charge in [0.1, 0.15) is 17.2 Å². The highest BCUT2D eigenvalue weighted by Crippen LogP contribution is 2.25. The molecule has 128 valence electrons. The summed E-state index contributed by atoms with van der Waals surface area (Å²) in [6, 6.07) is 11.1. The molecule has 0 radical (unpaired) electrons. The molecule has 0 bridgehead atoms. The van der Waals surface area contributed by atoms with E-state index in [9.17, 15) is 10.2 Å². The summed E-state index contributed by atoms with van der Waals surface area (Å²) in [6.45, 7) is 4.20. The Bertz CT molecular complexity index is 713. The van der Waals surface area contributed by atoms with E-state index in [1.54, 1.807) is 19.2 Å². The van der Waals surface area contributed by atoms with Gasteiger partial charge in [-0.3, -0.25) is 0 Å². The number of ether oxygens (including phenoxy) is 1. The first-order valence-electron chi connectivity index (χ1n) is 8.29. The van der Waals surface area contributed by atoms with Gasteiger partial charge < -0.3 is 14.9 Å². The van der Waals surface area contributed by atoms with Crippen LogP contribution in [0.4, 0.5) is 0 Å². The highest BCUT2D eigenvalue weighted by atomic mass is 16.5. The smallest absolute Gasteiger partial charge is 0.122 e. The molecule has 2 rings (SSSR count). The van der Waals surface area contributed by atoms with Gasteiger partial charge in [-0.15, -0.1) is 0 Å². The topological polar surface area (TPSA) is 49.7 Å². The first-order valence-corrected chi connectivity index (χ1v) is 8.29. The minimum Gasteiger partial charge on any atom is -0.508 e. The lowest BCUT2D eigenvalue weighted by molar-refractivity contribution is 0.410. The van der Waals surface area contributed by atoms with Crippen molar-refractivity contribution in [1.29, 1.82) is 0 Å². The Balaban J connectivity index is 2.01. The molecule has 0 unspecified atom stereocenters. The number of methoxy groups -OCH3 is 1. The van der Waals surface area contributed by atoms with Crippen molar-refractivity contribution in [1.82, 2.24) is 0 Å². The minimum absolute atomic E-state index is 0.0929. The largest absolute Gasteiger partial charge is 0.508 e. The van der Waals surface area contributed by atoms with E-state index in [4.69, 9.17) is 4.74 Å². The molecule has 0 fully saturated rings. The van der Waals surface area contributed by atoms with Gasteiger partial charge in [0.2, 0.25) is 0 Å². The van der Waals surface area contributed by atoms with Crippen LogP contribution < -0.4 is 4.74 Å². The Morgan fingerprint density at radius 1 is 1.00 bits per heavy atom. The van der Waals surface area contributed by atoms with Gasteiger partial charge in [-0.25, -0.2) is 0 Å². The Morgan fingerprint density at radius 3 is 2.46 bits per heavy atom. The number of allylic oxidation sites excluding steroid dienone is 2. The second-order valence-electron chi connectivity index (χ2n) is 6.30. The van der Waals surface area contributed by atoms with Crippen LogP contribution in [0.5, 0.6) is 17.2 Å². The maximum absolute atomic E-state index is 9.84. The SMILES string of the molecule is COc1ccc(CCCc2ccc(O)cc2O)cc1CC=C(C)C. The van der Waals surface area contributed by atoms with Gasteiger partial charge in [-0.05, 0) is 68.4 Å². The van der Waals surface area contributed by atoms with Crippen LogP contribution in [0.25, 0.3) is 0 Å². The zero-order chi connectivity index (χ0) is 17.5. The van der Waals surface area contributed by atoms with Crippen LogP contribution in [0, 0.1) is 0 Å². The van der Waals surface area contributed by atoms with E-state index in [0.29, 0.717) is 0 Å². The molecule has 0 spiro atoms. The number of hydrogen-bond acceptors (Lipinski definition) is 3. The van der Waals surface area contributed by atoms with Crippen LogP contribution >= 0.6 is 0 Å². The number of hydrogen-bond donors (Lipinski definition) is 2. The highest BCUT2D eigenvalue weighted by molar-refractivity contribution is 5.40. The van der Waals surface area contributed by atoms with E-state index >= 15 is 0 Å². The lowest BCUT2D eigenvalue weighted by Gasteiger charge is -2.10. The van der Waals surface area contributed by atoms with Crippen molar-refractivity contribution in [2.45, 2.75) is 39.5 Å². The van der Waals surface area contributed by atoms with Crippen molar-refractivity contribution in [3.05, 3.63) is 64.7 Å². The van der Waals surface area contributed by atoms with E-state index in [1.165, 1.54) is 22.8 Å². The average molecular weight is 326 g/mol. The number of benzene rings is 2. The molecule has 3 nitrogen and oxygen atoms in total. The maximum Gasteiger partial charge on any atom is 0.122 e. The second-order valence-corrected chi connectivity index (χ2v) is 6.30. The summed E-state index contributed by atoms with van der Waals surface area (Å²) in [4.78, 5) is 0. The molecule has 2 aromatic rings. The van der Waals surface area contributed by atoms with E-state index in [1.807, 2.05) is 6.07 Å². The standard InChI is InChI=1S/C21H26O3/c1-15(2)7-9-18-13-16(8-12-21(18)24-3)5-4-6-17-10-11-19(22)14-20(17)23/h7-8,10-14,22-23H,4-6,9H2,1-3H3. The highest BCUT2D eigenvalue weighted by Gasteiger charge is 2.06. The molecule has 3 heteroatoms. The third-order valence-corrected chi connectivity index (χ3v) is 4.06. The van der Waals surface area contributed by atoms with Gasteiger partial charge in [0, 0.05) is 6.07 Å². The van der Waals surface area contributed by atoms with Gasteiger partial charge in [0.05, 0.1) is 7.11 Å². The van der Waals surface area contributed by atoms with E-state index in [2.05, 4.69) is 32.1 Å². The van der Waals surface area contributed by atoms with Crippen molar-refractivity contribution in [3.8, 4) is 17.2 Å². The summed E-state index contributed by atoms with van der Waals surface area (Å²) >= 11 is 0. The molecule has 0 aliphatic heterocycles. The van der Waals surface area contributed by atoms with Crippen LogP contribution in [0.15, 0.2) is 48.0 Å². The van der Waals surface area contributed by atoms with Crippen molar-refractivity contribution in [3.63, 3.8) is 0 Å². The molecule has 0 aliphatic rings. The van der Waals surface area contributed by atoms with Crippen LogP contribution in [0.3, 0.4) is 0 Å². The summed E-state index contributed by atoms with van der Waals surface area (Å²) < 4.78 is 5.45. The lowest BCUT2D eigenvalue weighted by atomic mass is 10.00. The Hall–Kier alpha value is -2.42. The normalized spacial score (nSPS) is 10.5. The molecule has 0 aromatic heterocycles.